The second-order valence-electron chi connectivity index (χ2n) is 8.40. The van der Waals surface area contributed by atoms with Gasteiger partial charge in [-0.25, -0.2) is 0 Å². The van der Waals surface area contributed by atoms with Crippen LogP contribution in [0.4, 0.5) is 18.9 Å². The number of nitrogens with one attached hydrogen (secondary N) is 1. The predicted octanol–water partition coefficient (Wildman–Crippen LogP) is 6.31. The first-order valence-electron chi connectivity index (χ1n) is 10.7. The molecule has 156 valence electrons. The first-order chi connectivity index (χ1) is 14.0. The van der Waals surface area contributed by atoms with Crippen LogP contribution < -0.4 is 5.32 Å². The molecule has 2 nitrogen and oxygen atoms in total. The smallest absolute Gasteiger partial charge is 0.382 e. The quantitative estimate of drug-likeness (QED) is 0.645. The Morgan fingerprint density at radius 2 is 1.55 bits per heavy atom. The minimum atomic E-state index is -4.30. The zero-order valence-corrected chi connectivity index (χ0v) is 16.7. The molecule has 2 atom stereocenters. The molecule has 1 heterocycles. The molecule has 0 amide bonds. The molecule has 2 aromatic rings. The van der Waals surface area contributed by atoms with Crippen LogP contribution in [-0.2, 0) is 6.18 Å². The van der Waals surface area contributed by atoms with Gasteiger partial charge in [-0.1, -0.05) is 49.2 Å². The topological polar surface area (TPSA) is 15.3 Å². The third kappa shape index (κ3) is 4.95. The summed E-state index contributed by atoms with van der Waals surface area (Å²) < 4.78 is 38.8. The Bertz CT molecular complexity index is 782. The maximum atomic E-state index is 12.9. The first-order valence-corrected chi connectivity index (χ1v) is 10.7. The molecule has 1 aliphatic carbocycles. The van der Waals surface area contributed by atoms with Gasteiger partial charge in [-0.3, -0.25) is 4.90 Å². The molecule has 1 N–H and O–H groups in total. The molecule has 1 aliphatic heterocycles. The molecular weight excluding hydrogens is 373 g/mol. The van der Waals surface area contributed by atoms with Crippen LogP contribution in [0, 0.1) is 0 Å². The summed E-state index contributed by atoms with van der Waals surface area (Å²) in [5, 5.41) is 3.33. The van der Waals surface area contributed by atoms with E-state index in [0.29, 0.717) is 17.6 Å². The van der Waals surface area contributed by atoms with E-state index >= 15 is 0 Å². The van der Waals surface area contributed by atoms with Crippen LogP contribution in [-0.4, -0.2) is 30.1 Å². The van der Waals surface area contributed by atoms with E-state index in [1.807, 2.05) is 0 Å². The zero-order valence-electron chi connectivity index (χ0n) is 16.7. The molecule has 0 bridgehead atoms. The number of piperidine rings is 1. The summed E-state index contributed by atoms with van der Waals surface area (Å²) in [6.07, 6.45) is 2.71. The summed E-state index contributed by atoms with van der Waals surface area (Å²) in [4.78, 5) is 2.63. The molecule has 5 heteroatoms. The van der Waals surface area contributed by atoms with Crippen molar-refractivity contribution in [1.29, 1.82) is 0 Å². The highest BCUT2D eigenvalue weighted by Gasteiger charge is 2.34. The average Bonchev–Trinajstić information content (AvgIpc) is 2.75. The van der Waals surface area contributed by atoms with Gasteiger partial charge < -0.3 is 5.32 Å². The lowest BCUT2D eigenvalue weighted by Crippen LogP contribution is -2.47. The Morgan fingerprint density at radius 3 is 2.28 bits per heavy atom. The number of benzene rings is 2. The normalized spacial score (nSPS) is 24.4. The summed E-state index contributed by atoms with van der Waals surface area (Å²) in [7, 11) is 0. The lowest BCUT2D eigenvalue weighted by Gasteiger charge is -2.44. The number of halogens is 3. The van der Waals surface area contributed by atoms with Crippen LogP contribution in [0.2, 0.25) is 0 Å². The highest BCUT2D eigenvalue weighted by Crippen LogP contribution is 2.37. The van der Waals surface area contributed by atoms with Gasteiger partial charge >= 0.3 is 6.18 Å². The van der Waals surface area contributed by atoms with Crippen molar-refractivity contribution >= 4 is 5.69 Å². The third-order valence-electron chi connectivity index (χ3n) is 6.52. The van der Waals surface area contributed by atoms with Gasteiger partial charge in [0.15, 0.2) is 0 Å². The molecular formula is C24H29F3N2. The van der Waals surface area contributed by atoms with Gasteiger partial charge in [-0.05, 0) is 55.4 Å². The Morgan fingerprint density at radius 1 is 0.828 bits per heavy atom. The number of nitrogens with zero attached hydrogens (tertiary/aromatic N) is 1. The lowest BCUT2D eigenvalue weighted by molar-refractivity contribution is -0.137. The van der Waals surface area contributed by atoms with Gasteiger partial charge in [-0.15, -0.1) is 0 Å². The van der Waals surface area contributed by atoms with Gasteiger partial charge in [0, 0.05) is 30.9 Å². The molecule has 0 spiro atoms. The van der Waals surface area contributed by atoms with Gasteiger partial charge in [0.2, 0.25) is 0 Å². The standard InChI is InChI=1S/C24H29F3N2/c25-24(26,27)19-9-6-10-21(17-19)28-20-13-15-29(16-14-20)23-12-5-4-11-22(23)18-7-2-1-3-8-18/h1-3,6-10,17,20,22-23,28H,4-5,11-16H2/t22-,23-/m1/s1. The van der Waals surface area contributed by atoms with Crippen molar-refractivity contribution in [2.45, 2.75) is 62.7 Å². The van der Waals surface area contributed by atoms with E-state index in [9.17, 15) is 13.2 Å². The van der Waals surface area contributed by atoms with E-state index in [1.54, 1.807) is 6.07 Å². The van der Waals surface area contributed by atoms with Crippen molar-refractivity contribution in [3.05, 3.63) is 65.7 Å². The lowest BCUT2D eigenvalue weighted by atomic mass is 9.78. The third-order valence-corrected chi connectivity index (χ3v) is 6.52. The van der Waals surface area contributed by atoms with Crippen molar-refractivity contribution in [3.63, 3.8) is 0 Å². The second-order valence-corrected chi connectivity index (χ2v) is 8.40. The van der Waals surface area contributed by atoms with Gasteiger partial charge in [0.1, 0.15) is 0 Å². The fourth-order valence-corrected chi connectivity index (χ4v) is 5.03. The summed E-state index contributed by atoms with van der Waals surface area (Å²) >= 11 is 0. The predicted molar refractivity (Wildman–Crippen MR) is 111 cm³/mol. The van der Waals surface area contributed by atoms with Crippen molar-refractivity contribution in [1.82, 2.24) is 4.90 Å². The summed E-state index contributed by atoms with van der Waals surface area (Å²) in [5.41, 5.74) is 1.42. The van der Waals surface area contributed by atoms with E-state index < -0.39 is 11.7 Å². The molecule has 2 aliphatic rings. The molecule has 0 radical (unpaired) electrons. The van der Waals surface area contributed by atoms with E-state index in [4.69, 9.17) is 0 Å². The van der Waals surface area contributed by atoms with Crippen LogP contribution in [0.3, 0.4) is 0 Å². The highest BCUT2D eigenvalue weighted by molar-refractivity contribution is 5.47. The monoisotopic (exact) mass is 402 g/mol. The Hall–Kier alpha value is -2.01. The number of anilines is 1. The minimum Gasteiger partial charge on any atom is -0.382 e. The van der Waals surface area contributed by atoms with Gasteiger partial charge in [0.25, 0.3) is 0 Å². The number of alkyl halides is 3. The SMILES string of the molecule is FC(F)(F)c1cccc(NC2CCN([C@@H]3CCCC[C@@H]3c3ccccc3)CC2)c1. The Kier molecular flexibility index (Phi) is 6.14. The van der Waals surface area contributed by atoms with Crippen LogP contribution >= 0.6 is 0 Å². The molecule has 0 unspecified atom stereocenters. The molecule has 1 saturated carbocycles. The minimum absolute atomic E-state index is 0.230. The number of likely N-dealkylation sites (tertiary alicyclic amines) is 1. The van der Waals surface area contributed by atoms with Crippen molar-refractivity contribution in [2.75, 3.05) is 18.4 Å². The maximum absolute atomic E-state index is 12.9. The van der Waals surface area contributed by atoms with E-state index in [2.05, 4.69) is 40.5 Å². The maximum Gasteiger partial charge on any atom is 0.416 e. The van der Waals surface area contributed by atoms with Gasteiger partial charge in [0.05, 0.1) is 5.56 Å². The van der Waals surface area contributed by atoms with E-state index in [0.717, 1.165) is 32.0 Å². The second kappa shape index (κ2) is 8.78. The molecule has 2 fully saturated rings. The Balaban J connectivity index is 1.36. The fourth-order valence-electron chi connectivity index (χ4n) is 5.03. The largest absolute Gasteiger partial charge is 0.416 e. The number of hydrogen-bond donors (Lipinski definition) is 1. The fraction of sp³-hybridized carbons (Fsp3) is 0.500. The van der Waals surface area contributed by atoms with Crippen molar-refractivity contribution in [2.24, 2.45) is 0 Å². The zero-order chi connectivity index (χ0) is 20.3. The number of rotatable bonds is 4. The van der Waals surface area contributed by atoms with Gasteiger partial charge in [-0.2, -0.15) is 13.2 Å². The summed E-state index contributed by atoms with van der Waals surface area (Å²) in [6, 6.07) is 17.2. The van der Waals surface area contributed by atoms with E-state index in [1.165, 1.54) is 43.4 Å². The molecule has 1 saturated heterocycles. The van der Waals surface area contributed by atoms with Crippen LogP contribution in [0.1, 0.15) is 55.6 Å². The average molecular weight is 403 g/mol. The molecule has 4 rings (SSSR count). The van der Waals surface area contributed by atoms with Crippen LogP contribution in [0.25, 0.3) is 0 Å². The van der Waals surface area contributed by atoms with Crippen molar-refractivity contribution < 1.29 is 13.2 Å². The Labute approximate surface area is 171 Å². The number of hydrogen-bond acceptors (Lipinski definition) is 2. The summed E-state index contributed by atoms with van der Waals surface area (Å²) in [5.74, 6) is 0.595. The first kappa shape index (κ1) is 20.3. The summed E-state index contributed by atoms with van der Waals surface area (Å²) in [6.45, 7) is 2.01. The van der Waals surface area contributed by atoms with Crippen LogP contribution in [0.5, 0.6) is 0 Å². The van der Waals surface area contributed by atoms with Crippen molar-refractivity contribution in [3.8, 4) is 0 Å². The molecule has 29 heavy (non-hydrogen) atoms. The molecule has 2 aromatic carbocycles. The highest BCUT2D eigenvalue weighted by atomic mass is 19.4. The van der Waals surface area contributed by atoms with E-state index in [-0.39, 0.29) is 6.04 Å². The molecule has 0 aromatic heterocycles. The van der Waals surface area contributed by atoms with Crippen LogP contribution in [0.15, 0.2) is 54.6 Å².